The first-order chi connectivity index (χ1) is 10.8. The first-order valence-electron chi connectivity index (χ1n) is 8.88. The Kier molecular flexibility index (Phi) is 6.09. The third-order valence-corrected chi connectivity index (χ3v) is 5.13. The monoisotopic (exact) mass is 323 g/mol. The normalized spacial score (nSPS) is 32.0. The molecule has 0 bridgehead atoms. The number of nitrogens with zero attached hydrogens (tertiary/aromatic N) is 1. The van der Waals surface area contributed by atoms with Crippen LogP contribution in [0, 0.1) is 17.8 Å². The SMILES string of the molecule is CC1CC(C)CN(C(C)(C)CNC(=O)N[C@@H]2C=C[C@H](CO)C2)C1. The number of aliphatic hydroxyl groups excluding tert-OH is 1. The molecule has 4 atom stereocenters. The number of carbonyl (C=O) groups excluding carboxylic acids is 1. The summed E-state index contributed by atoms with van der Waals surface area (Å²) in [6, 6.07) is -0.0882. The Bertz CT molecular complexity index is 426. The largest absolute Gasteiger partial charge is 0.396 e. The van der Waals surface area contributed by atoms with E-state index in [0.29, 0.717) is 18.4 Å². The van der Waals surface area contributed by atoms with Gasteiger partial charge in [0, 0.05) is 43.7 Å². The van der Waals surface area contributed by atoms with E-state index in [9.17, 15) is 4.79 Å². The predicted molar refractivity (Wildman–Crippen MR) is 93.3 cm³/mol. The summed E-state index contributed by atoms with van der Waals surface area (Å²) < 4.78 is 0. The van der Waals surface area contributed by atoms with Crippen molar-refractivity contribution in [2.75, 3.05) is 26.2 Å². The molecule has 1 aliphatic heterocycles. The van der Waals surface area contributed by atoms with Gasteiger partial charge in [0.05, 0.1) is 0 Å². The van der Waals surface area contributed by atoms with Gasteiger partial charge in [0.25, 0.3) is 0 Å². The molecule has 1 fully saturated rings. The highest BCUT2D eigenvalue weighted by atomic mass is 16.3. The summed E-state index contributed by atoms with van der Waals surface area (Å²) in [6.45, 7) is 12.0. The van der Waals surface area contributed by atoms with Crippen LogP contribution in [-0.4, -0.2) is 53.9 Å². The van der Waals surface area contributed by atoms with Gasteiger partial charge in [-0.15, -0.1) is 0 Å². The molecule has 132 valence electrons. The molecule has 5 nitrogen and oxygen atoms in total. The van der Waals surface area contributed by atoms with Crippen molar-refractivity contribution >= 4 is 6.03 Å². The fourth-order valence-electron chi connectivity index (χ4n) is 3.80. The number of piperidine rings is 1. The third-order valence-electron chi connectivity index (χ3n) is 5.13. The summed E-state index contributed by atoms with van der Waals surface area (Å²) in [6.07, 6.45) is 6.03. The minimum Gasteiger partial charge on any atom is -0.396 e. The first kappa shape index (κ1) is 18.3. The Morgan fingerprint density at radius 3 is 2.43 bits per heavy atom. The fourth-order valence-corrected chi connectivity index (χ4v) is 3.80. The molecule has 0 saturated carbocycles. The van der Waals surface area contributed by atoms with Crippen LogP contribution in [0.1, 0.15) is 40.5 Å². The number of amides is 2. The quantitative estimate of drug-likeness (QED) is 0.678. The predicted octanol–water partition coefficient (Wildman–Crippen LogP) is 1.98. The van der Waals surface area contributed by atoms with E-state index in [1.165, 1.54) is 6.42 Å². The second-order valence-electron chi connectivity index (χ2n) is 8.16. The number of likely N-dealkylation sites (tertiary alicyclic amines) is 1. The number of nitrogens with one attached hydrogen (secondary N) is 2. The Hall–Kier alpha value is -1.07. The summed E-state index contributed by atoms with van der Waals surface area (Å²) in [4.78, 5) is 14.6. The summed E-state index contributed by atoms with van der Waals surface area (Å²) in [7, 11) is 0. The molecule has 3 N–H and O–H groups in total. The number of urea groups is 1. The van der Waals surface area contributed by atoms with E-state index in [0.717, 1.165) is 19.5 Å². The van der Waals surface area contributed by atoms with Crippen LogP contribution >= 0.6 is 0 Å². The molecular formula is C18H33N3O2. The zero-order valence-electron chi connectivity index (χ0n) is 15.0. The molecule has 2 aliphatic rings. The second-order valence-corrected chi connectivity index (χ2v) is 8.16. The van der Waals surface area contributed by atoms with E-state index in [1.54, 1.807) is 0 Å². The molecule has 1 aliphatic carbocycles. The topological polar surface area (TPSA) is 64.6 Å². The van der Waals surface area contributed by atoms with Crippen LogP contribution in [0.3, 0.4) is 0 Å². The lowest BCUT2D eigenvalue weighted by atomic mass is 9.88. The second kappa shape index (κ2) is 7.67. The minimum atomic E-state index is -0.121. The van der Waals surface area contributed by atoms with Gasteiger partial charge in [-0.05, 0) is 38.5 Å². The van der Waals surface area contributed by atoms with Gasteiger partial charge in [-0.25, -0.2) is 4.79 Å². The van der Waals surface area contributed by atoms with Gasteiger partial charge in [0.2, 0.25) is 0 Å². The molecule has 23 heavy (non-hydrogen) atoms. The maximum absolute atomic E-state index is 12.1. The van der Waals surface area contributed by atoms with Gasteiger partial charge < -0.3 is 15.7 Å². The van der Waals surface area contributed by atoms with Crippen LogP contribution in [0.25, 0.3) is 0 Å². The van der Waals surface area contributed by atoms with Gasteiger partial charge in [-0.2, -0.15) is 0 Å². The standard InChI is InChI=1S/C18H33N3O2/c1-13-7-14(2)10-21(9-13)18(3,4)12-19-17(23)20-16-6-5-15(8-16)11-22/h5-6,13-16,22H,7-12H2,1-4H3,(H2,19,20,23)/t13?,14?,15-,16+/m0/s1. The molecule has 1 heterocycles. The van der Waals surface area contributed by atoms with Gasteiger partial charge >= 0.3 is 6.03 Å². The van der Waals surface area contributed by atoms with E-state index >= 15 is 0 Å². The molecule has 0 aromatic rings. The Balaban J connectivity index is 1.77. The Morgan fingerprint density at radius 2 is 1.87 bits per heavy atom. The van der Waals surface area contributed by atoms with Gasteiger partial charge in [0.15, 0.2) is 0 Å². The van der Waals surface area contributed by atoms with Crippen LogP contribution < -0.4 is 10.6 Å². The molecule has 0 radical (unpaired) electrons. The maximum atomic E-state index is 12.1. The molecule has 2 rings (SSSR count). The summed E-state index contributed by atoms with van der Waals surface area (Å²) in [5.41, 5.74) is -0.0422. The first-order valence-corrected chi connectivity index (χ1v) is 8.88. The van der Waals surface area contributed by atoms with Crippen molar-refractivity contribution in [3.63, 3.8) is 0 Å². The lowest BCUT2D eigenvalue weighted by Gasteiger charge is -2.45. The van der Waals surface area contributed by atoms with Crippen molar-refractivity contribution in [1.82, 2.24) is 15.5 Å². The van der Waals surface area contributed by atoms with Crippen molar-refractivity contribution in [3.05, 3.63) is 12.2 Å². The number of rotatable bonds is 5. The number of hydrogen-bond donors (Lipinski definition) is 3. The average Bonchev–Trinajstić information content (AvgIpc) is 2.92. The maximum Gasteiger partial charge on any atom is 0.315 e. The highest BCUT2D eigenvalue weighted by Crippen LogP contribution is 2.26. The van der Waals surface area contributed by atoms with Crippen molar-refractivity contribution in [2.24, 2.45) is 17.8 Å². The van der Waals surface area contributed by atoms with E-state index in [4.69, 9.17) is 5.11 Å². The van der Waals surface area contributed by atoms with Crippen molar-refractivity contribution in [1.29, 1.82) is 0 Å². The van der Waals surface area contributed by atoms with Gasteiger partial charge in [0.1, 0.15) is 0 Å². The number of hydrogen-bond acceptors (Lipinski definition) is 3. The zero-order chi connectivity index (χ0) is 17.0. The molecule has 0 aromatic carbocycles. The zero-order valence-corrected chi connectivity index (χ0v) is 15.0. The third kappa shape index (κ3) is 5.21. The van der Waals surface area contributed by atoms with Crippen LogP contribution in [0.2, 0.25) is 0 Å². The van der Waals surface area contributed by atoms with Gasteiger partial charge in [-0.3, -0.25) is 4.90 Å². The smallest absolute Gasteiger partial charge is 0.315 e. The van der Waals surface area contributed by atoms with Gasteiger partial charge in [-0.1, -0.05) is 26.0 Å². The van der Waals surface area contributed by atoms with E-state index in [2.05, 4.69) is 43.2 Å². The highest BCUT2D eigenvalue weighted by Gasteiger charge is 2.33. The Labute approximate surface area is 140 Å². The van der Waals surface area contributed by atoms with Crippen LogP contribution in [0.4, 0.5) is 4.79 Å². The summed E-state index contributed by atoms with van der Waals surface area (Å²) >= 11 is 0. The average molecular weight is 323 g/mol. The number of aliphatic hydroxyl groups is 1. The van der Waals surface area contributed by atoms with Crippen LogP contribution in [0.5, 0.6) is 0 Å². The molecule has 0 aromatic heterocycles. The highest BCUT2D eigenvalue weighted by molar-refractivity contribution is 5.74. The summed E-state index contributed by atoms with van der Waals surface area (Å²) in [5, 5.41) is 15.1. The van der Waals surface area contributed by atoms with E-state index < -0.39 is 0 Å². The molecule has 0 spiro atoms. The molecule has 1 saturated heterocycles. The molecule has 2 amide bonds. The molecular weight excluding hydrogens is 290 g/mol. The van der Waals surface area contributed by atoms with Crippen molar-refractivity contribution in [2.45, 2.75) is 52.1 Å². The van der Waals surface area contributed by atoms with E-state index in [1.807, 2.05) is 12.2 Å². The van der Waals surface area contributed by atoms with Crippen molar-refractivity contribution in [3.8, 4) is 0 Å². The van der Waals surface area contributed by atoms with Crippen LogP contribution in [-0.2, 0) is 0 Å². The molecule has 2 unspecified atom stereocenters. The lowest BCUT2D eigenvalue weighted by Crippen LogP contribution is -2.57. The fraction of sp³-hybridized carbons (Fsp3) is 0.833. The Morgan fingerprint density at radius 1 is 1.22 bits per heavy atom. The molecule has 5 heteroatoms. The summed E-state index contributed by atoms with van der Waals surface area (Å²) in [5.74, 6) is 1.60. The van der Waals surface area contributed by atoms with Crippen LogP contribution in [0.15, 0.2) is 12.2 Å². The lowest BCUT2D eigenvalue weighted by molar-refractivity contribution is 0.0472. The van der Waals surface area contributed by atoms with Crippen molar-refractivity contribution < 1.29 is 9.90 Å². The van der Waals surface area contributed by atoms with E-state index in [-0.39, 0.29) is 30.1 Å². The minimum absolute atomic E-state index is 0.0327. The number of carbonyl (C=O) groups is 1.